The molecule has 0 bridgehead atoms. The molecule has 0 spiro atoms. The van der Waals surface area contributed by atoms with Crippen molar-refractivity contribution in [3.05, 3.63) is 69.2 Å². The highest BCUT2D eigenvalue weighted by molar-refractivity contribution is 6.26. The maximum atomic E-state index is 13.2. The van der Waals surface area contributed by atoms with E-state index in [1.54, 1.807) is 53.7 Å². The lowest BCUT2D eigenvalue weighted by Gasteiger charge is -2.36. The first-order chi connectivity index (χ1) is 21.7. The molecule has 0 aromatic rings. The molecule has 0 fully saturated rings. The maximum absolute atomic E-state index is 13.2. The van der Waals surface area contributed by atoms with Crippen molar-refractivity contribution in [2.75, 3.05) is 0 Å². The molecule has 11 nitrogen and oxygen atoms in total. The summed E-state index contributed by atoms with van der Waals surface area (Å²) in [6, 6.07) is 0. The van der Waals surface area contributed by atoms with Crippen molar-refractivity contribution in [1.82, 2.24) is 5.32 Å². The third kappa shape index (κ3) is 9.25. The SMILES string of the molecule is CC1=C(O)CC2=C(C1)C(=O)C(NC(=O)/C(C)=C/C=C\[C@@H](C)[C@H](O)[C@@H](C)[C@@H](O)[C@@H](C)[C@H](O)[C@H](C)[C@@H](O)[C@@H](C)/C=C(\C)C(=O)O)=C(C)C2=O. The number of allylic oxidation sites excluding steroid dienone is 6. The minimum Gasteiger partial charge on any atom is -0.512 e. The first kappa shape index (κ1) is 39.5. The number of hydrogen-bond donors (Lipinski definition) is 7. The summed E-state index contributed by atoms with van der Waals surface area (Å²) < 4.78 is 0. The van der Waals surface area contributed by atoms with Gasteiger partial charge in [-0.15, -0.1) is 0 Å². The first-order valence-electron chi connectivity index (χ1n) is 15.9. The van der Waals surface area contributed by atoms with Crippen LogP contribution in [0.5, 0.6) is 0 Å². The molecular weight excluding hydrogens is 606 g/mol. The van der Waals surface area contributed by atoms with Crippen LogP contribution in [-0.2, 0) is 19.2 Å². The quantitative estimate of drug-likeness (QED) is 0.0822. The Kier molecular flexibility index (Phi) is 13.8. The summed E-state index contributed by atoms with van der Waals surface area (Å²) in [5.41, 5.74) is 1.45. The molecule has 0 radical (unpaired) electrons. The van der Waals surface area contributed by atoms with Gasteiger partial charge in [0.05, 0.1) is 35.9 Å². The van der Waals surface area contributed by atoms with Gasteiger partial charge in [0.2, 0.25) is 5.78 Å². The summed E-state index contributed by atoms with van der Waals surface area (Å²) in [6.45, 7) is 14.3. The maximum Gasteiger partial charge on any atom is 0.330 e. The van der Waals surface area contributed by atoms with Gasteiger partial charge in [0.1, 0.15) is 0 Å². The fourth-order valence-corrected chi connectivity index (χ4v) is 6.01. The second-order valence-corrected chi connectivity index (χ2v) is 13.3. The van der Waals surface area contributed by atoms with E-state index in [2.05, 4.69) is 5.32 Å². The fraction of sp³-hybridized carbons (Fsp3) is 0.556. The Balaban J connectivity index is 2.03. The molecule has 11 heteroatoms. The standard InChI is InChI=1S/C36H51NO10/c1-16(29(39)22(7)31(41)24(9)32(42)23(8)30(40)19(4)13-20(5)36(46)47)11-10-12-17(2)35(45)37-28-21(6)33(43)26-15-27(38)18(3)14-25(26)34(28)44/h10-13,16,19,22-24,29-32,38-42H,14-15H2,1-9H3,(H,37,45)(H,46,47)/b11-10-,17-12+,20-13+/t16-,19+,22-,23-,24-,29+,30+,31-,32-/m1/s1. The third-order valence-corrected chi connectivity index (χ3v) is 9.65. The molecule has 260 valence electrons. The van der Waals surface area contributed by atoms with Gasteiger partial charge in [0, 0.05) is 70.3 Å². The van der Waals surface area contributed by atoms with Crippen LogP contribution in [0.1, 0.15) is 75.2 Å². The number of hydrogen-bond acceptors (Lipinski definition) is 9. The van der Waals surface area contributed by atoms with Gasteiger partial charge in [0.25, 0.3) is 5.91 Å². The molecule has 2 aliphatic carbocycles. The van der Waals surface area contributed by atoms with E-state index in [9.17, 15) is 44.7 Å². The van der Waals surface area contributed by atoms with Crippen LogP contribution in [0, 0.1) is 29.6 Å². The Morgan fingerprint density at radius 1 is 0.745 bits per heavy atom. The highest BCUT2D eigenvalue weighted by Crippen LogP contribution is 2.36. The molecule has 0 saturated carbocycles. The van der Waals surface area contributed by atoms with Crippen molar-refractivity contribution in [1.29, 1.82) is 0 Å². The first-order valence-corrected chi connectivity index (χ1v) is 15.9. The van der Waals surface area contributed by atoms with Gasteiger partial charge in [-0.1, -0.05) is 58.9 Å². The number of aliphatic carboxylic acids is 1. The second kappa shape index (κ2) is 16.5. The van der Waals surface area contributed by atoms with Crippen molar-refractivity contribution >= 4 is 23.4 Å². The van der Waals surface area contributed by atoms with Crippen LogP contribution in [0.4, 0.5) is 0 Å². The molecule has 2 aliphatic rings. The van der Waals surface area contributed by atoms with E-state index < -0.39 is 71.7 Å². The lowest BCUT2D eigenvalue weighted by Crippen LogP contribution is -2.45. The predicted molar refractivity (Wildman–Crippen MR) is 177 cm³/mol. The summed E-state index contributed by atoms with van der Waals surface area (Å²) in [5.74, 6) is -5.61. The summed E-state index contributed by atoms with van der Waals surface area (Å²) >= 11 is 0. The number of carbonyl (C=O) groups is 4. The predicted octanol–water partition coefficient (Wildman–Crippen LogP) is 3.61. The number of rotatable bonds is 14. The zero-order valence-electron chi connectivity index (χ0n) is 28.7. The number of amides is 1. The van der Waals surface area contributed by atoms with Crippen LogP contribution in [0.2, 0.25) is 0 Å². The highest BCUT2D eigenvalue weighted by Gasteiger charge is 2.38. The zero-order valence-corrected chi connectivity index (χ0v) is 28.7. The van der Waals surface area contributed by atoms with Crippen molar-refractivity contribution in [2.45, 2.75) is 99.6 Å². The second-order valence-electron chi connectivity index (χ2n) is 13.3. The normalized spacial score (nSPS) is 22.4. The van der Waals surface area contributed by atoms with Crippen LogP contribution in [-0.4, -0.2) is 78.5 Å². The molecule has 9 atom stereocenters. The fourth-order valence-electron chi connectivity index (χ4n) is 6.01. The minimum atomic E-state index is -1.15. The largest absolute Gasteiger partial charge is 0.512 e. The Bertz CT molecular complexity index is 1440. The number of aliphatic hydroxyl groups excluding tert-OH is 5. The summed E-state index contributed by atoms with van der Waals surface area (Å²) in [4.78, 5) is 50.1. The van der Waals surface area contributed by atoms with Crippen LogP contribution in [0.15, 0.2) is 69.2 Å². The number of nitrogens with one attached hydrogen (secondary N) is 1. The number of carboxylic acids is 1. The van der Waals surface area contributed by atoms with Gasteiger partial charge in [-0.3, -0.25) is 14.4 Å². The molecule has 0 heterocycles. The molecule has 0 aromatic heterocycles. The molecule has 2 rings (SSSR count). The van der Waals surface area contributed by atoms with Crippen LogP contribution in [0.3, 0.4) is 0 Å². The van der Waals surface area contributed by atoms with Crippen molar-refractivity contribution in [3.63, 3.8) is 0 Å². The zero-order chi connectivity index (χ0) is 36.1. The minimum absolute atomic E-state index is 0.0114. The summed E-state index contributed by atoms with van der Waals surface area (Å²) in [7, 11) is 0. The van der Waals surface area contributed by atoms with E-state index in [4.69, 9.17) is 5.11 Å². The Hall–Kier alpha value is -3.64. The average molecular weight is 658 g/mol. The molecule has 47 heavy (non-hydrogen) atoms. The van der Waals surface area contributed by atoms with Crippen molar-refractivity contribution in [2.24, 2.45) is 29.6 Å². The van der Waals surface area contributed by atoms with Gasteiger partial charge in [-0.2, -0.15) is 0 Å². The van der Waals surface area contributed by atoms with Crippen LogP contribution >= 0.6 is 0 Å². The monoisotopic (exact) mass is 657 g/mol. The lowest BCUT2D eigenvalue weighted by atomic mass is 9.77. The topological polar surface area (TPSA) is 202 Å². The van der Waals surface area contributed by atoms with Gasteiger partial charge < -0.3 is 36.0 Å². The van der Waals surface area contributed by atoms with E-state index in [1.165, 1.54) is 32.9 Å². The smallest absolute Gasteiger partial charge is 0.330 e. The van der Waals surface area contributed by atoms with Gasteiger partial charge in [-0.25, -0.2) is 4.79 Å². The molecule has 7 N–H and O–H groups in total. The highest BCUT2D eigenvalue weighted by atomic mass is 16.4. The molecule has 1 amide bonds. The van der Waals surface area contributed by atoms with E-state index in [1.807, 2.05) is 0 Å². The Morgan fingerprint density at radius 3 is 1.77 bits per heavy atom. The number of ketones is 2. The Morgan fingerprint density at radius 2 is 1.23 bits per heavy atom. The number of aliphatic hydroxyl groups is 5. The van der Waals surface area contributed by atoms with Gasteiger partial charge >= 0.3 is 5.97 Å². The molecular formula is C36H51NO10. The molecule has 0 unspecified atom stereocenters. The number of Topliss-reactive ketones (excluding diaryl/α,β-unsaturated/α-hetero) is 2. The van der Waals surface area contributed by atoms with E-state index in [0.29, 0.717) is 5.57 Å². The summed E-state index contributed by atoms with van der Waals surface area (Å²) in [5, 5.41) is 65.4. The van der Waals surface area contributed by atoms with Gasteiger partial charge in [-0.05, 0) is 33.3 Å². The van der Waals surface area contributed by atoms with E-state index in [0.717, 1.165) is 0 Å². The molecule has 0 aliphatic heterocycles. The van der Waals surface area contributed by atoms with E-state index >= 15 is 0 Å². The van der Waals surface area contributed by atoms with Crippen molar-refractivity contribution in [3.8, 4) is 0 Å². The Labute approximate surface area is 276 Å². The van der Waals surface area contributed by atoms with Crippen molar-refractivity contribution < 1.29 is 49.8 Å². The third-order valence-electron chi connectivity index (χ3n) is 9.65. The number of carboxylic acid groups (broad SMARTS) is 1. The summed E-state index contributed by atoms with van der Waals surface area (Å²) in [6.07, 6.45) is 1.86. The number of carbonyl (C=O) groups excluding carboxylic acids is 3. The lowest BCUT2D eigenvalue weighted by molar-refractivity contribution is -0.132. The van der Waals surface area contributed by atoms with Gasteiger partial charge in [0.15, 0.2) is 5.78 Å². The van der Waals surface area contributed by atoms with Crippen LogP contribution in [0.25, 0.3) is 0 Å². The van der Waals surface area contributed by atoms with E-state index in [-0.39, 0.29) is 57.9 Å². The molecule has 0 aromatic carbocycles. The molecule has 0 saturated heterocycles. The van der Waals surface area contributed by atoms with Crippen LogP contribution < -0.4 is 5.32 Å². The average Bonchev–Trinajstić information content (AvgIpc) is 3.03.